The lowest BCUT2D eigenvalue weighted by molar-refractivity contribution is -0.161. The molecule has 0 aromatic carbocycles. The SMILES string of the molecule is CC/C=C\C/C=C\C/C=C\C/C=C\C/C=C\C/C=C\CCC(=O)OCC(O)COP(=O)(O)OCC(O)COP(=O)(O)OCC(COC(=O)CCCCC/C=C\C/C=C\C/C=C\C/C=C\C/C=C\CC)OC(=O)CCCCCCCC/C=C\C/C=C\C/C=C\C/C=C\CC. The average molecular weight is 1340 g/mol. The van der Waals surface area contributed by atoms with Crippen LogP contribution in [0.25, 0.3) is 0 Å². The van der Waals surface area contributed by atoms with E-state index in [9.17, 15) is 43.5 Å². The topological polar surface area (TPSA) is 231 Å². The normalized spacial score (nSPS) is 15.3. The van der Waals surface area contributed by atoms with Gasteiger partial charge in [-0.05, 0) is 141 Å². The number of phosphoric ester groups is 2. The molecule has 5 atom stereocenters. The third-order valence-corrected chi connectivity index (χ3v) is 15.0. The summed E-state index contributed by atoms with van der Waals surface area (Å²) in [5, 5.41) is 20.5. The number of carbonyl (C=O) groups is 3. The summed E-state index contributed by atoms with van der Waals surface area (Å²) in [7, 11) is -9.83. The molecule has 5 unspecified atom stereocenters. The predicted molar refractivity (Wildman–Crippen MR) is 380 cm³/mol. The van der Waals surface area contributed by atoms with Gasteiger partial charge in [0.05, 0.1) is 26.4 Å². The van der Waals surface area contributed by atoms with Gasteiger partial charge >= 0.3 is 33.6 Å². The summed E-state index contributed by atoms with van der Waals surface area (Å²) >= 11 is 0. The molecular formula is C75H118O16P2. The molecule has 0 saturated heterocycles. The Morgan fingerprint density at radius 2 is 0.559 bits per heavy atom. The van der Waals surface area contributed by atoms with Crippen LogP contribution in [0.2, 0.25) is 0 Å². The van der Waals surface area contributed by atoms with Crippen molar-refractivity contribution in [2.45, 2.75) is 232 Å². The van der Waals surface area contributed by atoms with Crippen LogP contribution >= 0.6 is 15.6 Å². The van der Waals surface area contributed by atoms with Gasteiger partial charge in [-0.3, -0.25) is 32.5 Å². The van der Waals surface area contributed by atoms with E-state index < -0.39 is 91.5 Å². The standard InChI is InChI=1S/C75H118O16P2/c1-4-7-10-13-16-19-22-25-28-31-34-37-40-43-46-49-52-55-58-61-73(78)85-64-70(76)65-87-92(81,82)88-66-71(77)67-89-93(83,84)90-69-72(91-75(80)63-60-57-54-51-48-45-42-39-36-33-30-27-24-21-18-15-12-9-6-3)68-86-74(79)62-59-56-53-50-47-44-41-38-35-32-29-26-23-20-17-14-11-8-5-2/h7-12,16-21,25-30,34-39,43-44,46-47,52,55,70-72,76-77H,4-6,13-15,22-24,31-33,40-42,45,48-51,53-54,56-69H2,1-3H3,(H,81,82)(H,83,84)/b10-7-,11-8-,12-9-,19-16-,20-17-,21-18-,28-25-,29-26-,30-27-,37-34-,38-35-,39-36-,46-43-,47-44-,55-52-. The Bertz CT molecular complexity index is 2420. The van der Waals surface area contributed by atoms with Crippen molar-refractivity contribution in [1.29, 1.82) is 0 Å². The molecule has 0 aliphatic carbocycles. The molecule has 0 aliphatic rings. The van der Waals surface area contributed by atoms with E-state index in [-0.39, 0.29) is 19.3 Å². The fraction of sp³-hybridized carbons (Fsp3) is 0.560. The Labute approximate surface area is 560 Å². The van der Waals surface area contributed by atoms with E-state index in [1.807, 2.05) is 18.2 Å². The first-order valence-electron chi connectivity index (χ1n) is 34.1. The number of esters is 3. The Morgan fingerprint density at radius 1 is 0.301 bits per heavy atom. The van der Waals surface area contributed by atoms with Gasteiger partial charge in [-0.2, -0.15) is 0 Å². The van der Waals surface area contributed by atoms with Gasteiger partial charge in [0.15, 0.2) is 6.10 Å². The summed E-state index contributed by atoms with van der Waals surface area (Å²) in [6.45, 7) is 2.14. The molecular weight excluding hydrogens is 1220 g/mol. The summed E-state index contributed by atoms with van der Waals surface area (Å²) in [5.74, 6) is -1.73. The highest BCUT2D eigenvalue weighted by Gasteiger charge is 2.29. The number of hydrogen-bond donors (Lipinski definition) is 4. The van der Waals surface area contributed by atoms with Gasteiger partial charge in [0, 0.05) is 19.3 Å². The van der Waals surface area contributed by atoms with Crippen molar-refractivity contribution in [1.82, 2.24) is 0 Å². The second-order valence-electron chi connectivity index (χ2n) is 21.8. The molecule has 0 aromatic heterocycles. The molecule has 16 nitrogen and oxygen atoms in total. The van der Waals surface area contributed by atoms with Crippen LogP contribution in [0.1, 0.15) is 213 Å². The molecule has 0 rings (SSSR count). The first-order valence-corrected chi connectivity index (χ1v) is 37.1. The number of hydrogen-bond acceptors (Lipinski definition) is 14. The van der Waals surface area contributed by atoms with Gasteiger partial charge in [0.2, 0.25) is 0 Å². The molecule has 0 aromatic rings. The smallest absolute Gasteiger partial charge is 0.463 e. The first kappa shape index (κ1) is 87.7. The minimum Gasteiger partial charge on any atom is -0.463 e. The molecule has 0 fully saturated rings. The molecule has 0 bridgehead atoms. The summed E-state index contributed by atoms with van der Waals surface area (Å²) in [6, 6.07) is 0. The molecule has 18 heteroatoms. The van der Waals surface area contributed by atoms with Gasteiger partial charge in [-0.1, -0.05) is 235 Å². The number of carbonyl (C=O) groups excluding carboxylic acids is 3. The molecule has 0 aliphatic heterocycles. The maximum absolute atomic E-state index is 13.0. The second-order valence-corrected chi connectivity index (χ2v) is 24.7. The third kappa shape index (κ3) is 67.9. The van der Waals surface area contributed by atoms with Crippen LogP contribution in [0.5, 0.6) is 0 Å². The zero-order valence-corrected chi connectivity index (χ0v) is 58.4. The van der Waals surface area contributed by atoms with Crippen LogP contribution in [-0.4, -0.2) is 95.9 Å². The fourth-order valence-corrected chi connectivity index (χ4v) is 9.61. The van der Waals surface area contributed by atoms with Gasteiger partial charge in [-0.15, -0.1) is 0 Å². The van der Waals surface area contributed by atoms with E-state index in [1.54, 1.807) is 0 Å². The predicted octanol–water partition coefficient (Wildman–Crippen LogP) is 19.1. The van der Waals surface area contributed by atoms with E-state index in [0.717, 1.165) is 148 Å². The Hall–Kier alpha value is -5.35. The van der Waals surface area contributed by atoms with Crippen molar-refractivity contribution in [3.05, 3.63) is 182 Å². The van der Waals surface area contributed by atoms with Crippen LogP contribution in [0.4, 0.5) is 0 Å². The van der Waals surface area contributed by atoms with Gasteiger partial charge in [0.25, 0.3) is 0 Å². The quantitative estimate of drug-likeness (QED) is 0.0146. The van der Waals surface area contributed by atoms with E-state index in [1.165, 1.54) is 0 Å². The molecule has 93 heavy (non-hydrogen) atoms. The van der Waals surface area contributed by atoms with Crippen LogP contribution in [0.3, 0.4) is 0 Å². The van der Waals surface area contributed by atoms with Crippen LogP contribution in [-0.2, 0) is 55.8 Å². The van der Waals surface area contributed by atoms with E-state index >= 15 is 0 Å². The largest absolute Gasteiger partial charge is 0.472 e. The van der Waals surface area contributed by atoms with Crippen molar-refractivity contribution >= 4 is 33.6 Å². The lowest BCUT2D eigenvalue weighted by Gasteiger charge is -2.21. The first-order chi connectivity index (χ1) is 45.2. The van der Waals surface area contributed by atoms with E-state index in [4.69, 9.17) is 32.3 Å². The number of allylic oxidation sites excluding steroid dienone is 30. The number of rotatable bonds is 62. The minimum atomic E-state index is -4.95. The van der Waals surface area contributed by atoms with Gasteiger partial charge in [0.1, 0.15) is 25.4 Å². The zero-order valence-electron chi connectivity index (χ0n) is 56.6. The third-order valence-electron chi connectivity index (χ3n) is 13.1. The fourth-order valence-electron chi connectivity index (χ4n) is 8.02. The van der Waals surface area contributed by atoms with Gasteiger partial charge in [-0.25, -0.2) is 9.13 Å². The lowest BCUT2D eigenvalue weighted by atomic mass is 10.1. The van der Waals surface area contributed by atoms with Crippen LogP contribution in [0.15, 0.2) is 182 Å². The lowest BCUT2D eigenvalue weighted by Crippen LogP contribution is -2.30. The highest BCUT2D eigenvalue weighted by molar-refractivity contribution is 7.47. The summed E-state index contributed by atoms with van der Waals surface area (Å²) in [6.07, 6.45) is 83.8. The maximum atomic E-state index is 13.0. The van der Waals surface area contributed by atoms with Crippen molar-refractivity contribution in [2.75, 3.05) is 39.6 Å². The van der Waals surface area contributed by atoms with Crippen molar-refractivity contribution in [3.63, 3.8) is 0 Å². The van der Waals surface area contributed by atoms with Crippen LogP contribution < -0.4 is 0 Å². The molecule has 524 valence electrons. The van der Waals surface area contributed by atoms with Gasteiger partial charge < -0.3 is 34.2 Å². The zero-order chi connectivity index (χ0) is 68.1. The number of ether oxygens (including phenoxy) is 3. The molecule has 0 radical (unpaired) electrons. The minimum absolute atomic E-state index is 0.0527. The molecule has 0 heterocycles. The molecule has 0 amide bonds. The highest BCUT2D eigenvalue weighted by Crippen LogP contribution is 2.45. The van der Waals surface area contributed by atoms with Crippen LogP contribution in [0, 0.1) is 0 Å². The maximum Gasteiger partial charge on any atom is 0.472 e. The Balaban J connectivity index is 4.87. The summed E-state index contributed by atoms with van der Waals surface area (Å²) < 4.78 is 60.8. The number of aliphatic hydroxyl groups excluding tert-OH is 2. The van der Waals surface area contributed by atoms with Crippen molar-refractivity contribution in [3.8, 4) is 0 Å². The van der Waals surface area contributed by atoms with E-state index in [0.29, 0.717) is 25.7 Å². The van der Waals surface area contributed by atoms with Crippen molar-refractivity contribution < 1.29 is 75.8 Å². The second kappa shape index (κ2) is 66.7. The highest BCUT2D eigenvalue weighted by atomic mass is 31.2. The monoisotopic (exact) mass is 1340 g/mol. The molecule has 4 N–H and O–H groups in total. The molecule has 0 spiro atoms. The van der Waals surface area contributed by atoms with E-state index in [2.05, 4.69) is 185 Å². The average Bonchev–Trinajstić information content (AvgIpc) is 3.57. The molecule has 0 saturated carbocycles. The van der Waals surface area contributed by atoms with Crippen molar-refractivity contribution in [2.24, 2.45) is 0 Å². The number of unbranched alkanes of at least 4 members (excludes halogenated alkanes) is 9. The number of phosphoric acid groups is 2. The Morgan fingerprint density at radius 3 is 0.925 bits per heavy atom. The summed E-state index contributed by atoms with van der Waals surface area (Å²) in [4.78, 5) is 58.4. The summed E-state index contributed by atoms with van der Waals surface area (Å²) in [5.41, 5.74) is 0. The Kier molecular flexibility index (Phi) is 62.8. The number of aliphatic hydroxyl groups is 2.